The number of anilines is 3. The van der Waals surface area contributed by atoms with E-state index in [1.165, 1.54) is 0 Å². The van der Waals surface area contributed by atoms with Crippen molar-refractivity contribution in [2.75, 3.05) is 56.4 Å². The van der Waals surface area contributed by atoms with Gasteiger partial charge in [-0.25, -0.2) is 0 Å². The van der Waals surface area contributed by atoms with Crippen LogP contribution < -0.4 is 15.5 Å². The Labute approximate surface area is 126 Å². The van der Waals surface area contributed by atoms with Gasteiger partial charge in [-0.2, -0.15) is 15.0 Å². The predicted octanol–water partition coefficient (Wildman–Crippen LogP) is 0.569. The molecule has 0 saturated carbocycles. The van der Waals surface area contributed by atoms with Crippen molar-refractivity contribution in [2.45, 2.75) is 25.9 Å². The van der Waals surface area contributed by atoms with Crippen LogP contribution in [0.25, 0.3) is 0 Å². The molecule has 0 amide bonds. The highest BCUT2D eigenvalue weighted by molar-refractivity contribution is 5.43. The number of aliphatic hydroxyl groups is 1. The molecule has 0 fully saturated rings. The molecule has 8 heteroatoms. The van der Waals surface area contributed by atoms with Crippen LogP contribution in [-0.4, -0.2) is 66.6 Å². The zero-order valence-corrected chi connectivity index (χ0v) is 13.5. The molecule has 0 radical (unpaired) electrons. The number of aromatic nitrogens is 3. The van der Waals surface area contributed by atoms with Gasteiger partial charge in [0.05, 0.1) is 5.60 Å². The van der Waals surface area contributed by atoms with E-state index >= 15 is 0 Å². The van der Waals surface area contributed by atoms with E-state index in [1.54, 1.807) is 18.9 Å². The standard InChI is InChI=1S/C13H26N6O2/c1-6-14-10-16-11(18-12(17-10)19(3)4)15-9-13(2,20)7-8-21-5/h20H,6-9H2,1-5H3,(H2,14,15,16,17,18). The molecule has 0 saturated heterocycles. The molecule has 1 atom stereocenters. The topological polar surface area (TPSA) is 95.4 Å². The summed E-state index contributed by atoms with van der Waals surface area (Å²) >= 11 is 0. The van der Waals surface area contributed by atoms with Gasteiger partial charge in [0.1, 0.15) is 0 Å². The van der Waals surface area contributed by atoms with Crippen LogP contribution in [0.2, 0.25) is 0 Å². The van der Waals surface area contributed by atoms with Gasteiger partial charge in [-0.05, 0) is 13.8 Å². The zero-order valence-electron chi connectivity index (χ0n) is 13.5. The van der Waals surface area contributed by atoms with Gasteiger partial charge in [-0.1, -0.05) is 0 Å². The molecule has 1 aromatic rings. The van der Waals surface area contributed by atoms with Crippen molar-refractivity contribution in [3.63, 3.8) is 0 Å². The minimum absolute atomic E-state index is 0.332. The maximum absolute atomic E-state index is 10.2. The summed E-state index contributed by atoms with van der Waals surface area (Å²) in [7, 11) is 5.34. The molecule has 8 nitrogen and oxygen atoms in total. The number of hydrogen-bond donors (Lipinski definition) is 3. The summed E-state index contributed by atoms with van der Waals surface area (Å²) in [6.45, 7) is 5.28. The quantitative estimate of drug-likeness (QED) is 0.609. The van der Waals surface area contributed by atoms with E-state index < -0.39 is 5.60 Å². The highest BCUT2D eigenvalue weighted by Crippen LogP contribution is 2.14. The molecule has 0 bridgehead atoms. The second-order valence-electron chi connectivity index (χ2n) is 5.30. The van der Waals surface area contributed by atoms with Crippen molar-refractivity contribution in [3.8, 4) is 0 Å². The van der Waals surface area contributed by atoms with E-state index in [2.05, 4.69) is 25.6 Å². The minimum atomic E-state index is -0.890. The second-order valence-corrected chi connectivity index (χ2v) is 5.30. The molecule has 21 heavy (non-hydrogen) atoms. The second kappa shape index (κ2) is 7.94. The highest BCUT2D eigenvalue weighted by atomic mass is 16.5. The summed E-state index contributed by atoms with van der Waals surface area (Å²) in [5.74, 6) is 1.50. The largest absolute Gasteiger partial charge is 0.388 e. The van der Waals surface area contributed by atoms with Gasteiger partial charge >= 0.3 is 0 Å². The molecule has 1 heterocycles. The van der Waals surface area contributed by atoms with Crippen LogP contribution in [0.4, 0.5) is 17.8 Å². The lowest BCUT2D eigenvalue weighted by molar-refractivity contribution is 0.0356. The first-order chi connectivity index (χ1) is 9.88. The fraction of sp³-hybridized carbons (Fsp3) is 0.769. The molecule has 0 aliphatic heterocycles. The Hall–Kier alpha value is -1.67. The van der Waals surface area contributed by atoms with Crippen LogP contribution in [0.5, 0.6) is 0 Å². The Balaban J connectivity index is 2.77. The Morgan fingerprint density at radius 3 is 2.33 bits per heavy atom. The maximum atomic E-state index is 10.2. The van der Waals surface area contributed by atoms with E-state index in [-0.39, 0.29) is 0 Å². The first-order valence-electron chi connectivity index (χ1n) is 7.00. The number of ether oxygens (including phenoxy) is 1. The van der Waals surface area contributed by atoms with Crippen LogP contribution in [0.15, 0.2) is 0 Å². The van der Waals surface area contributed by atoms with Crippen LogP contribution in [0, 0.1) is 0 Å². The third kappa shape index (κ3) is 6.09. The Morgan fingerprint density at radius 1 is 1.19 bits per heavy atom. The van der Waals surface area contributed by atoms with E-state index in [1.807, 2.05) is 21.0 Å². The molecule has 3 N–H and O–H groups in total. The van der Waals surface area contributed by atoms with Gasteiger partial charge in [-0.15, -0.1) is 0 Å². The summed E-state index contributed by atoms with van der Waals surface area (Å²) in [5.41, 5.74) is -0.890. The third-order valence-corrected chi connectivity index (χ3v) is 2.83. The van der Waals surface area contributed by atoms with Crippen molar-refractivity contribution in [3.05, 3.63) is 0 Å². The number of methoxy groups -OCH3 is 1. The van der Waals surface area contributed by atoms with Crippen LogP contribution in [0.3, 0.4) is 0 Å². The summed E-state index contributed by atoms with van der Waals surface area (Å²) in [4.78, 5) is 14.7. The number of hydrogen-bond acceptors (Lipinski definition) is 8. The van der Waals surface area contributed by atoms with E-state index in [0.29, 0.717) is 37.4 Å². The molecule has 0 aliphatic rings. The average molecular weight is 298 g/mol. The predicted molar refractivity (Wildman–Crippen MR) is 83.9 cm³/mol. The molecular weight excluding hydrogens is 272 g/mol. The molecular formula is C13H26N6O2. The van der Waals surface area contributed by atoms with Crippen molar-refractivity contribution < 1.29 is 9.84 Å². The summed E-state index contributed by atoms with van der Waals surface area (Å²) in [6.07, 6.45) is 0.530. The van der Waals surface area contributed by atoms with Crippen LogP contribution in [-0.2, 0) is 4.74 Å². The third-order valence-electron chi connectivity index (χ3n) is 2.83. The van der Waals surface area contributed by atoms with Crippen molar-refractivity contribution in [1.82, 2.24) is 15.0 Å². The first kappa shape index (κ1) is 17.4. The number of rotatable bonds is 9. The Kier molecular flexibility index (Phi) is 6.57. The van der Waals surface area contributed by atoms with Crippen LogP contribution >= 0.6 is 0 Å². The van der Waals surface area contributed by atoms with Crippen molar-refractivity contribution >= 4 is 17.8 Å². The first-order valence-corrected chi connectivity index (χ1v) is 7.00. The number of nitrogens with zero attached hydrogens (tertiary/aromatic N) is 4. The lowest BCUT2D eigenvalue weighted by atomic mass is 10.0. The monoisotopic (exact) mass is 298 g/mol. The SMILES string of the molecule is CCNc1nc(NCC(C)(O)CCOC)nc(N(C)C)n1. The lowest BCUT2D eigenvalue weighted by Crippen LogP contribution is -2.35. The van der Waals surface area contributed by atoms with Gasteiger partial charge < -0.3 is 25.4 Å². The molecule has 0 spiro atoms. The van der Waals surface area contributed by atoms with Gasteiger partial charge in [-0.3, -0.25) is 0 Å². The van der Waals surface area contributed by atoms with E-state index in [4.69, 9.17) is 4.74 Å². The summed E-state index contributed by atoms with van der Waals surface area (Å²) in [6, 6.07) is 0. The van der Waals surface area contributed by atoms with Gasteiger partial charge in [0.25, 0.3) is 0 Å². The molecule has 1 unspecified atom stereocenters. The zero-order chi connectivity index (χ0) is 15.9. The molecule has 1 rings (SSSR count). The highest BCUT2D eigenvalue weighted by Gasteiger charge is 2.20. The van der Waals surface area contributed by atoms with Crippen molar-refractivity contribution in [2.24, 2.45) is 0 Å². The molecule has 120 valence electrons. The van der Waals surface area contributed by atoms with Gasteiger partial charge in [0.15, 0.2) is 0 Å². The Morgan fingerprint density at radius 2 is 1.81 bits per heavy atom. The molecule has 0 aromatic carbocycles. The smallest absolute Gasteiger partial charge is 0.231 e. The fourth-order valence-corrected chi connectivity index (χ4v) is 1.56. The average Bonchev–Trinajstić information content (AvgIpc) is 2.43. The molecule has 1 aromatic heterocycles. The van der Waals surface area contributed by atoms with Gasteiger partial charge in [0, 0.05) is 47.3 Å². The van der Waals surface area contributed by atoms with Crippen LogP contribution in [0.1, 0.15) is 20.3 Å². The van der Waals surface area contributed by atoms with Crippen molar-refractivity contribution in [1.29, 1.82) is 0 Å². The van der Waals surface area contributed by atoms with E-state index in [0.717, 1.165) is 6.54 Å². The normalized spacial score (nSPS) is 13.6. The summed E-state index contributed by atoms with van der Waals surface area (Å²) < 4.78 is 4.99. The Bertz CT molecular complexity index is 439. The minimum Gasteiger partial charge on any atom is -0.388 e. The van der Waals surface area contributed by atoms with E-state index in [9.17, 15) is 5.11 Å². The maximum Gasteiger partial charge on any atom is 0.231 e. The number of nitrogens with one attached hydrogen (secondary N) is 2. The van der Waals surface area contributed by atoms with Gasteiger partial charge in [0.2, 0.25) is 17.8 Å². The molecule has 0 aliphatic carbocycles. The lowest BCUT2D eigenvalue weighted by Gasteiger charge is -2.23. The summed E-state index contributed by atoms with van der Waals surface area (Å²) in [5, 5.41) is 16.3. The fourth-order valence-electron chi connectivity index (χ4n) is 1.56.